The number of carbonyl (C=O) groups excluding carboxylic acids is 1. The molecule has 0 fully saturated rings. The van der Waals surface area contributed by atoms with Crippen molar-refractivity contribution in [2.24, 2.45) is 0 Å². The first kappa shape index (κ1) is 15.6. The van der Waals surface area contributed by atoms with E-state index < -0.39 is 0 Å². The van der Waals surface area contributed by atoms with Crippen LogP contribution in [0.2, 0.25) is 0 Å². The molecule has 0 spiro atoms. The van der Waals surface area contributed by atoms with Gasteiger partial charge >= 0.3 is 0 Å². The lowest BCUT2D eigenvalue weighted by Gasteiger charge is -2.21. The van der Waals surface area contributed by atoms with E-state index in [2.05, 4.69) is 21.2 Å². The van der Waals surface area contributed by atoms with Gasteiger partial charge in [0, 0.05) is 17.2 Å². The summed E-state index contributed by atoms with van der Waals surface area (Å²) in [5, 5.41) is 3.03. The highest BCUT2D eigenvalue weighted by Crippen LogP contribution is 2.22. The largest absolute Gasteiger partial charge is 0.365 e. The second-order valence-electron chi connectivity index (χ2n) is 5.00. The van der Waals surface area contributed by atoms with Gasteiger partial charge in [0.2, 0.25) is 5.91 Å². The Kier molecular flexibility index (Phi) is 5.39. The Bertz CT molecular complexity index is 601. The van der Waals surface area contributed by atoms with E-state index in [-0.39, 0.29) is 11.9 Å². The second-order valence-corrected chi connectivity index (χ2v) is 5.86. The fourth-order valence-corrected chi connectivity index (χ4v) is 2.81. The summed E-state index contributed by atoms with van der Waals surface area (Å²) in [5.74, 6) is 0.00426. The molecule has 0 saturated carbocycles. The molecule has 0 bridgehead atoms. The van der Waals surface area contributed by atoms with Crippen LogP contribution in [0.4, 0.5) is 5.69 Å². The van der Waals surface area contributed by atoms with E-state index in [0.29, 0.717) is 6.54 Å². The lowest BCUT2D eigenvalue weighted by molar-refractivity contribution is -0.120. The number of carbonyl (C=O) groups is 1. The Hall–Kier alpha value is -1.81. The Morgan fingerprint density at radius 3 is 2.43 bits per heavy atom. The van der Waals surface area contributed by atoms with Crippen LogP contribution in [-0.4, -0.2) is 19.5 Å². The van der Waals surface area contributed by atoms with Crippen molar-refractivity contribution in [3.8, 4) is 0 Å². The number of halogens is 1. The highest BCUT2D eigenvalue weighted by molar-refractivity contribution is 9.10. The van der Waals surface area contributed by atoms with Crippen LogP contribution in [0, 0.1) is 0 Å². The molecule has 0 aromatic heterocycles. The lowest BCUT2D eigenvalue weighted by atomic mass is 10.1. The number of likely N-dealkylation sites (N-methyl/N-ethyl adjacent to an activating group) is 1. The molecule has 4 heteroatoms. The zero-order valence-electron chi connectivity index (χ0n) is 12.2. The van der Waals surface area contributed by atoms with Gasteiger partial charge in [-0.3, -0.25) is 4.79 Å². The zero-order valence-corrected chi connectivity index (χ0v) is 13.8. The number of hydrogen-bond acceptors (Lipinski definition) is 2. The van der Waals surface area contributed by atoms with Crippen molar-refractivity contribution in [3.05, 3.63) is 64.6 Å². The van der Waals surface area contributed by atoms with E-state index in [1.54, 1.807) is 0 Å². The topological polar surface area (TPSA) is 32.3 Å². The third-order valence-electron chi connectivity index (χ3n) is 3.33. The number of hydrogen-bond donors (Lipinski definition) is 1. The van der Waals surface area contributed by atoms with Gasteiger partial charge in [-0.05, 0) is 30.7 Å². The van der Waals surface area contributed by atoms with Gasteiger partial charge in [0.15, 0.2) is 0 Å². The quantitative estimate of drug-likeness (QED) is 0.893. The SMILES string of the molecule is C[C@@H](NC(=O)CN(C)c1ccccc1)c1ccccc1Br. The standard InChI is InChI=1S/C17H19BrN2O/c1-13(15-10-6-7-11-16(15)18)19-17(21)12-20(2)14-8-4-3-5-9-14/h3-11,13H,12H2,1-2H3,(H,19,21)/t13-/m1/s1. The lowest BCUT2D eigenvalue weighted by Crippen LogP contribution is -2.36. The zero-order chi connectivity index (χ0) is 15.2. The monoisotopic (exact) mass is 346 g/mol. The molecule has 1 amide bonds. The fraction of sp³-hybridized carbons (Fsp3) is 0.235. The van der Waals surface area contributed by atoms with Crippen LogP contribution in [-0.2, 0) is 4.79 Å². The van der Waals surface area contributed by atoms with Gasteiger partial charge in [0.1, 0.15) is 0 Å². The highest BCUT2D eigenvalue weighted by Gasteiger charge is 2.13. The number of nitrogens with one attached hydrogen (secondary N) is 1. The predicted octanol–water partition coefficient (Wildman–Crippen LogP) is 3.76. The van der Waals surface area contributed by atoms with Crippen LogP contribution < -0.4 is 10.2 Å². The minimum Gasteiger partial charge on any atom is -0.365 e. The molecule has 0 heterocycles. The Labute approximate surface area is 134 Å². The molecule has 0 aliphatic heterocycles. The molecule has 0 aliphatic carbocycles. The van der Waals surface area contributed by atoms with Crippen LogP contribution in [0.15, 0.2) is 59.1 Å². The maximum Gasteiger partial charge on any atom is 0.239 e. The van der Waals surface area contributed by atoms with Crippen LogP contribution in [0.3, 0.4) is 0 Å². The molecule has 1 N–H and O–H groups in total. The van der Waals surface area contributed by atoms with Crippen molar-refractivity contribution in [1.29, 1.82) is 0 Å². The average Bonchev–Trinajstić information content (AvgIpc) is 2.48. The average molecular weight is 347 g/mol. The summed E-state index contributed by atoms with van der Waals surface area (Å²) in [5.41, 5.74) is 2.11. The van der Waals surface area contributed by atoms with E-state index in [1.165, 1.54) is 0 Å². The molecule has 2 rings (SSSR count). The second kappa shape index (κ2) is 7.27. The molecule has 2 aromatic rings. The summed E-state index contributed by atoms with van der Waals surface area (Å²) in [6.45, 7) is 2.32. The van der Waals surface area contributed by atoms with Crippen molar-refractivity contribution < 1.29 is 4.79 Å². The first-order valence-corrected chi connectivity index (χ1v) is 7.67. The van der Waals surface area contributed by atoms with Crippen molar-refractivity contribution in [3.63, 3.8) is 0 Å². The first-order chi connectivity index (χ1) is 10.1. The number of rotatable bonds is 5. The van der Waals surface area contributed by atoms with E-state index >= 15 is 0 Å². The van der Waals surface area contributed by atoms with Crippen LogP contribution in [0.1, 0.15) is 18.5 Å². The van der Waals surface area contributed by atoms with Crippen LogP contribution in [0.25, 0.3) is 0 Å². The van der Waals surface area contributed by atoms with Gasteiger partial charge in [-0.25, -0.2) is 0 Å². The van der Waals surface area contributed by atoms with Gasteiger partial charge < -0.3 is 10.2 Å². The number of amides is 1. The maximum absolute atomic E-state index is 12.2. The smallest absolute Gasteiger partial charge is 0.239 e. The van der Waals surface area contributed by atoms with E-state index in [0.717, 1.165) is 15.7 Å². The molecule has 0 radical (unpaired) electrons. The van der Waals surface area contributed by atoms with Crippen molar-refractivity contribution in [1.82, 2.24) is 5.32 Å². The Morgan fingerprint density at radius 1 is 1.14 bits per heavy atom. The molecule has 0 saturated heterocycles. The summed E-state index contributed by atoms with van der Waals surface area (Å²) in [7, 11) is 1.91. The van der Waals surface area contributed by atoms with Gasteiger partial charge in [-0.1, -0.05) is 52.3 Å². The summed E-state index contributed by atoms with van der Waals surface area (Å²) in [4.78, 5) is 14.1. The first-order valence-electron chi connectivity index (χ1n) is 6.88. The molecule has 0 aliphatic rings. The summed E-state index contributed by atoms with van der Waals surface area (Å²) in [6, 6.07) is 17.8. The fourth-order valence-electron chi connectivity index (χ4n) is 2.18. The molecule has 21 heavy (non-hydrogen) atoms. The van der Waals surface area contributed by atoms with Gasteiger partial charge in [-0.15, -0.1) is 0 Å². The molecule has 3 nitrogen and oxygen atoms in total. The van der Waals surface area contributed by atoms with E-state index in [4.69, 9.17) is 0 Å². The molecular weight excluding hydrogens is 328 g/mol. The Morgan fingerprint density at radius 2 is 1.76 bits per heavy atom. The van der Waals surface area contributed by atoms with Crippen LogP contribution in [0.5, 0.6) is 0 Å². The molecular formula is C17H19BrN2O. The number of anilines is 1. The van der Waals surface area contributed by atoms with E-state index in [1.807, 2.05) is 73.5 Å². The highest BCUT2D eigenvalue weighted by atomic mass is 79.9. The minimum atomic E-state index is -0.0303. The van der Waals surface area contributed by atoms with Gasteiger partial charge in [0.05, 0.1) is 12.6 Å². The third kappa shape index (κ3) is 4.33. The van der Waals surface area contributed by atoms with Crippen LogP contribution >= 0.6 is 15.9 Å². The summed E-state index contributed by atoms with van der Waals surface area (Å²) >= 11 is 3.51. The summed E-state index contributed by atoms with van der Waals surface area (Å²) < 4.78 is 1.01. The maximum atomic E-state index is 12.2. The molecule has 1 atom stereocenters. The third-order valence-corrected chi connectivity index (χ3v) is 4.05. The number of benzene rings is 2. The van der Waals surface area contributed by atoms with Crippen molar-refractivity contribution in [2.75, 3.05) is 18.5 Å². The number of nitrogens with zero attached hydrogens (tertiary/aromatic N) is 1. The van der Waals surface area contributed by atoms with E-state index in [9.17, 15) is 4.79 Å². The molecule has 110 valence electrons. The normalized spacial score (nSPS) is 11.8. The van der Waals surface area contributed by atoms with Crippen molar-refractivity contribution in [2.45, 2.75) is 13.0 Å². The molecule has 0 unspecified atom stereocenters. The van der Waals surface area contributed by atoms with Gasteiger partial charge in [0.25, 0.3) is 0 Å². The predicted molar refractivity (Wildman–Crippen MR) is 90.4 cm³/mol. The van der Waals surface area contributed by atoms with Crippen molar-refractivity contribution >= 4 is 27.5 Å². The number of para-hydroxylation sites is 1. The summed E-state index contributed by atoms with van der Waals surface area (Å²) in [6.07, 6.45) is 0. The Balaban J connectivity index is 1.94. The minimum absolute atomic E-state index is 0.00426. The van der Waals surface area contributed by atoms with Gasteiger partial charge in [-0.2, -0.15) is 0 Å². The molecule has 2 aromatic carbocycles.